The molecule has 6 nitrogen and oxygen atoms in total. The summed E-state index contributed by atoms with van der Waals surface area (Å²) in [6.07, 6.45) is 3.14. The molecule has 1 fully saturated rings. The van der Waals surface area contributed by atoms with E-state index in [-0.39, 0.29) is 17.2 Å². The molecule has 2 aromatic carbocycles. The molecule has 0 atom stereocenters. The molecule has 166 valence electrons. The molecule has 4 rings (SSSR count). The number of halogens is 1. The lowest BCUT2D eigenvalue weighted by atomic mass is 10.0. The van der Waals surface area contributed by atoms with Gasteiger partial charge in [-0.15, -0.1) is 6.58 Å². The molecule has 1 aromatic heterocycles. The molecule has 2 amide bonds. The van der Waals surface area contributed by atoms with Gasteiger partial charge < -0.3 is 0 Å². The van der Waals surface area contributed by atoms with Gasteiger partial charge in [-0.3, -0.25) is 24.5 Å². The highest BCUT2D eigenvalue weighted by atomic mass is 35.5. The first-order chi connectivity index (χ1) is 15.9. The molecular formula is C24H19ClN4O2S2. The van der Waals surface area contributed by atoms with Crippen LogP contribution in [0.1, 0.15) is 5.56 Å². The van der Waals surface area contributed by atoms with Gasteiger partial charge >= 0.3 is 0 Å². The highest BCUT2D eigenvalue weighted by Crippen LogP contribution is 2.37. The Morgan fingerprint density at radius 2 is 1.85 bits per heavy atom. The summed E-state index contributed by atoms with van der Waals surface area (Å²) in [5.41, 5.74) is 2.17. The molecule has 2 heterocycles. The van der Waals surface area contributed by atoms with Crippen LogP contribution >= 0.6 is 35.6 Å². The molecule has 0 spiro atoms. The number of rotatable bonds is 6. The number of aromatic nitrogens is 2. The second kappa shape index (κ2) is 9.74. The molecule has 0 saturated carbocycles. The van der Waals surface area contributed by atoms with E-state index in [2.05, 4.69) is 11.9 Å². The number of hydrogen-bond acceptors (Lipinski definition) is 5. The highest BCUT2D eigenvalue weighted by Gasteiger charge is 2.33. The third-order valence-corrected chi connectivity index (χ3v) is 6.65. The zero-order valence-corrected chi connectivity index (χ0v) is 20.0. The summed E-state index contributed by atoms with van der Waals surface area (Å²) in [6, 6.07) is 17.0. The van der Waals surface area contributed by atoms with Gasteiger partial charge in [0.1, 0.15) is 16.3 Å². The van der Waals surface area contributed by atoms with E-state index < -0.39 is 11.8 Å². The van der Waals surface area contributed by atoms with Crippen molar-refractivity contribution in [3.8, 4) is 11.3 Å². The van der Waals surface area contributed by atoms with Gasteiger partial charge in [0.05, 0.1) is 0 Å². The Balaban J connectivity index is 1.86. The van der Waals surface area contributed by atoms with E-state index in [1.165, 1.54) is 16.7 Å². The fraction of sp³-hybridized carbons (Fsp3) is 0.0833. The van der Waals surface area contributed by atoms with Crippen LogP contribution in [-0.4, -0.2) is 38.2 Å². The van der Waals surface area contributed by atoms with Gasteiger partial charge in [-0.1, -0.05) is 59.8 Å². The summed E-state index contributed by atoms with van der Waals surface area (Å²) in [4.78, 5) is 28.1. The minimum atomic E-state index is -0.546. The van der Waals surface area contributed by atoms with Crippen molar-refractivity contribution < 1.29 is 9.59 Å². The van der Waals surface area contributed by atoms with Gasteiger partial charge in [0.2, 0.25) is 0 Å². The monoisotopic (exact) mass is 494 g/mol. The Kier molecular flexibility index (Phi) is 6.78. The minimum Gasteiger partial charge on any atom is -0.298 e. The fourth-order valence-corrected chi connectivity index (χ4v) is 4.64. The number of thiocarbonyl (C=S) groups is 1. The van der Waals surface area contributed by atoms with E-state index in [9.17, 15) is 9.59 Å². The van der Waals surface area contributed by atoms with Gasteiger partial charge in [0.25, 0.3) is 11.8 Å². The first kappa shape index (κ1) is 23.0. The van der Waals surface area contributed by atoms with Gasteiger partial charge in [-0.05, 0) is 42.6 Å². The number of hydrogen-bond donors (Lipinski definition) is 1. The van der Waals surface area contributed by atoms with Crippen molar-refractivity contribution in [2.75, 3.05) is 6.54 Å². The van der Waals surface area contributed by atoms with Crippen LogP contribution in [0.5, 0.6) is 0 Å². The summed E-state index contributed by atoms with van der Waals surface area (Å²) in [7, 11) is 1.83. The topological polar surface area (TPSA) is 67.2 Å². The molecule has 0 unspecified atom stereocenters. The van der Waals surface area contributed by atoms with Crippen molar-refractivity contribution in [1.82, 2.24) is 20.0 Å². The van der Waals surface area contributed by atoms with Crippen LogP contribution in [0, 0.1) is 0 Å². The van der Waals surface area contributed by atoms with Crippen LogP contribution in [0.15, 0.2) is 82.7 Å². The van der Waals surface area contributed by atoms with Crippen LogP contribution in [0.25, 0.3) is 17.3 Å². The van der Waals surface area contributed by atoms with Gasteiger partial charge in [0, 0.05) is 34.6 Å². The largest absolute Gasteiger partial charge is 0.298 e. The maximum atomic E-state index is 13.1. The lowest BCUT2D eigenvalue weighted by Crippen LogP contribution is -2.53. The lowest BCUT2D eigenvalue weighted by molar-refractivity contribution is -0.128. The summed E-state index contributed by atoms with van der Waals surface area (Å²) in [5.74, 6) is -1.02. The van der Waals surface area contributed by atoms with E-state index in [4.69, 9.17) is 28.9 Å². The molecule has 1 saturated heterocycles. The van der Waals surface area contributed by atoms with Crippen molar-refractivity contribution in [2.45, 2.75) is 9.92 Å². The van der Waals surface area contributed by atoms with Crippen molar-refractivity contribution in [3.05, 3.63) is 83.4 Å². The predicted octanol–water partition coefficient (Wildman–Crippen LogP) is 4.70. The molecule has 33 heavy (non-hydrogen) atoms. The number of aryl methyl sites for hydroxylation is 1. The Bertz CT molecular complexity index is 1280. The summed E-state index contributed by atoms with van der Waals surface area (Å²) >= 11 is 12.7. The Hall–Kier alpha value is -3.20. The first-order valence-corrected chi connectivity index (χ1v) is 11.5. The number of amides is 2. The Morgan fingerprint density at radius 3 is 2.52 bits per heavy atom. The summed E-state index contributed by atoms with van der Waals surface area (Å²) in [5, 5.41) is 8.77. The van der Waals surface area contributed by atoms with Crippen molar-refractivity contribution in [3.63, 3.8) is 0 Å². The van der Waals surface area contributed by atoms with Crippen LogP contribution < -0.4 is 5.32 Å². The number of nitrogens with zero attached hydrogens (tertiary/aromatic N) is 3. The van der Waals surface area contributed by atoms with Crippen molar-refractivity contribution >= 4 is 58.6 Å². The lowest BCUT2D eigenvalue weighted by Gasteiger charge is -2.27. The van der Waals surface area contributed by atoms with Crippen molar-refractivity contribution in [2.24, 2.45) is 7.05 Å². The van der Waals surface area contributed by atoms with E-state index in [1.54, 1.807) is 16.8 Å². The van der Waals surface area contributed by atoms with E-state index >= 15 is 0 Å². The normalized spacial score (nSPS) is 15.2. The van der Waals surface area contributed by atoms with Crippen LogP contribution in [0.2, 0.25) is 5.02 Å². The first-order valence-electron chi connectivity index (χ1n) is 9.94. The van der Waals surface area contributed by atoms with E-state index in [0.717, 1.165) is 15.5 Å². The molecular weight excluding hydrogens is 476 g/mol. The molecule has 1 aliphatic rings. The summed E-state index contributed by atoms with van der Waals surface area (Å²) in [6.45, 7) is 3.86. The fourth-order valence-electron chi connectivity index (χ4n) is 3.33. The highest BCUT2D eigenvalue weighted by molar-refractivity contribution is 7.99. The standard InChI is InChI=1S/C24H19ClN4O2S2/c1-3-13-29-22(31)19(21(30)26-24(29)32)14-18-20(15-7-5-4-6-8-15)27-28(2)23(18)33-17-11-9-16(25)10-12-17/h3-12,14H,1,13H2,2H3,(H,26,30,32). The van der Waals surface area contributed by atoms with E-state index in [1.807, 2.05) is 61.6 Å². The number of carbonyl (C=O) groups excluding carboxylic acids is 2. The number of benzene rings is 2. The Labute approximate surface area is 205 Å². The van der Waals surface area contributed by atoms with Crippen LogP contribution in [0.4, 0.5) is 0 Å². The van der Waals surface area contributed by atoms with Gasteiger partial charge in [-0.2, -0.15) is 5.10 Å². The van der Waals surface area contributed by atoms with E-state index in [0.29, 0.717) is 16.3 Å². The van der Waals surface area contributed by atoms with Gasteiger partial charge in [0.15, 0.2) is 5.11 Å². The number of carbonyl (C=O) groups is 2. The van der Waals surface area contributed by atoms with Crippen LogP contribution in [0.3, 0.4) is 0 Å². The van der Waals surface area contributed by atoms with Gasteiger partial charge in [-0.25, -0.2) is 0 Å². The zero-order chi connectivity index (χ0) is 23.5. The third-order valence-electron chi connectivity index (χ3n) is 4.89. The quantitative estimate of drug-likeness (QED) is 0.233. The molecule has 0 radical (unpaired) electrons. The van der Waals surface area contributed by atoms with Crippen molar-refractivity contribution in [1.29, 1.82) is 0 Å². The zero-order valence-electron chi connectivity index (χ0n) is 17.6. The Morgan fingerprint density at radius 1 is 1.15 bits per heavy atom. The third kappa shape index (κ3) is 4.78. The minimum absolute atomic E-state index is 0.0198. The van der Waals surface area contributed by atoms with Crippen LogP contribution in [-0.2, 0) is 16.6 Å². The predicted molar refractivity (Wildman–Crippen MR) is 135 cm³/mol. The molecule has 1 N–H and O–H groups in total. The average Bonchev–Trinajstić information content (AvgIpc) is 3.11. The maximum Gasteiger partial charge on any atom is 0.265 e. The maximum absolute atomic E-state index is 13.1. The molecule has 3 aromatic rings. The number of nitrogens with one attached hydrogen (secondary N) is 1. The SMILES string of the molecule is C=CCN1C(=O)C(=Cc2c(-c3ccccc3)nn(C)c2Sc2ccc(Cl)cc2)C(=O)NC1=S. The summed E-state index contributed by atoms with van der Waals surface area (Å²) < 4.78 is 1.74. The molecule has 0 aliphatic carbocycles. The molecule has 0 bridgehead atoms. The average molecular weight is 495 g/mol. The molecule has 9 heteroatoms. The second-order valence-corrected chi connectivity index (χ2v) is 9.02. The second-order valence-electron chi connectivity index (χ2n) is 7.13. The smallest absolute Gasteiger partial charge is 0.265 e. The molecule has 1 aliphatic heterocycles.